The van der Waals surface area contributed by atoms with Crippen molar-refractivity contribution in [3.05, 3.63) is 47.3 Å². The molecule has 2 saturated heterocycles. The van der Waals surface area contributed by atoms with Gasteiger partial charge in [-0.15, -0.1) is 0 Å². The first-order chi connectivity index (χ1) is 13.8. The third-order valence-electron chi connectivity index (χ3n) is 6.37. The van der Waals surface area contributed by atoms with Crippen molar-refractivity contribution >= 4 is 11.6 Å². The molecule has 0 aromatic carbocycles. The summed E-state index contributed by atoms with van der Waals surface area (Å²) < 4.78 is 0. The normalized spacial score (nSPS) is 20.4. The van der Waals surface area contributed by atoms with E-state index in [0.717, 1.165) is 69.3 Å². The molecule has 144 valence electrons. The fourth-order valence-electron chi connectivity index (χ4n) is 4.66. The van der Waals surface area contributed by atoms with Crippen LogP contribution in [0.25, 0.3) is 0 Å². The molecular formula is C22H26N6. The summed E-state index contributed by atoms with van der Waals surface area (Å²) in [5, 5.41) is 9.60. The molecule has 0 N–H and O–H groups in total. The van der Waals surface area contributed by atoms with Crippen LogP contribution in [0.2, 0.25) is 0 Å². The lowest BCUT2D eigenvalue weighted by atomic mass is 9.94. The number of piperazine rings is 1. The van der Waals surface area contributed by atoms with Crippen LogP contribution in [0, 0.1) is 11.3 Å². The highest BCUT2D eigenvalue weighted by atomic mass is 15.4. The monoisotopic (exact) mass is 374 g/mol. The van der Waals surface area contributed by atoms with E-state index in [-0.39, 0.29) is 0 Å². The minimum absolute atomic E-state index is 0.565. The van der Waals surface area contributed by atoms with Crippen LogP contribution in [-0.2, 0) is 12.8 Å². The van der Waals surface area contributed by atoms with Crippen molar-refractivity contribution in [2.24, 2.45) is 0 Å². The summed E-state index contributed by atoms with van der Waals surface area (Å²) >= 11 is 0. The smallest absolute Gasteiger partial charge is 0.146 e. The van der Waals surface area contributed by atoms with E-state index < -0.39 is 0 Å². The van der Waals surface area contributed by atoms with Crippen LogP contribution in [0.15, 0.2) is 30.5 Å². The van der Waals surface area contributed by atoms with Gasteiger partial charge in [0.2, 0.25) is 0 Å². The largest absolute Gasteiger partial charge is 0.354 e. The highest BCUT2D eigenvalue weighted by molar-refractivity contribution is 5.58. The number of nitrogens with zero attached hydrogens (tertiary/aromatic N) is 6. The van der Waals surface area contributed by atoms with Crippen molar-refractivity contribution in [2.45, 2.75) is 31.7 Å². The Kier molecular flexibility index (Phi) is 4.61. The maximum Gasteiger partial charge on any atom is 0.146 e. The number of fused-ring (bicyclic) bond motifs is 1. The number of pyridine rings is 2. The molecule has 4 heterocycles. The molecule has 0 bridgehead atoms. The summed E-state index contributed by atoms with van der Waals surface area (Å²) in [7, 11) is 0. The van der Waals surface area contributed by atoms with E-state index >= 15 is 0 Å². The molecule has 0 spiro atoms. The second-order valence-corrected chi connectivity index (χ2v) is 8.05. The Morgan fingerprint density at radius 3 is 2.57 bits per heavy atom. The van der Waals surface area contributed by atoms with Crippen LogP contribution in [0.3, 0.4) is 0 Å². The first-order valence-electron chi connectivity index (χ1n) is 10.4. The molecule has 0 radical (unpaired) electrons. The van der Waals surface area contributed by atoms with E-state index in [1.807, 2.05) is 12.3 Å². The molecule has 0 atom stereocenters. The Hall–Kier alpha value is -2.65. The van der Waals surface area contributed by atoms with Gasteiger partial charge < -0.3 is 9.80 Å². The van der Waals surface area contributed by atoms with Gasteiger partial charge in [-0.25, -0.2) is 9.97 Å². The number of aryl methyl sites for hydroxylation is 2. The van der Waals surface area contributed by atoms with Gasteiger partial charge in [0.25, 0.3) is 0 Å². The Morgan fingerprint density at radius 2 is 1.82 bits per heavy atom. The highest BCUT2D eigenvalue weighted by Crippen LogP contribution is 2.30. The van der Waals surface area contributed by atoms with Gasteiger partial charge in [-0.05, 0) is 49.4 Å². The summed E-state index contributed by atoms with van der Waals surface area (Å²) in [5.74, 6) is 1.99. The molecule has 2 fully saturated rings. The molecule has 2 aromatic heterocycles. The van der Waals surface area contributed by atoms with Gasteiger partial charge in [0.1, 0.15) is 17.7 Å². The number of aromatic nitrogens is 2. The van der Waals surface area contributed by atoms with E-state index in [0.29, 0.717) is 6.04 Å². The minimum atomic E-state index is 0.565. The van der Waals surface area contributed by atoms with Crippen LogP contribution < -0.4 is 9.80 Å². The van der Waals surface area contributed by atoms with E-state index in [4.69, 9.17) is 4.98 Å². The van der Waals surface area contributed by atoms with Gasteiger partial charge in [-0.3, -0.25) is 4.90 Å². The van der Waals surface area contributed by atoms with E-state index in [2.05, 4.69) is 44.0 Å². The Labute approximate surface area is 166 Å². The average molecular weight is 374 g/mol. The van der Waals surface area contributed by atoms with Crippen molar-refractivity contribution < 1.29 is 0 Å². The zero-order valence-electron chi connectivity index (χ0n) is 16.2. The van der Waals surface area contributed by atoms with Crippen molar-refractivity contribution in [2.75, 3.05) is 49.1 Å². The number of anilines is 2. The van der Waals surface area contributed by atoms with Crippen LogP contribution in [0.4, 0.5) is 11.6 Å². The second-order valence-electron chi connectivity index (χ2n) is 8.05. The number of hydrogen-bond acceptors (Lipinski definition) is 6. The maximum absolute atomic E-state index is 9.60. The topological polar surface area (TPSA) is 59.3 Å². The molecule has 2 aliphatic heterocycles. The molecule has 6 heteroatoms. The summed E-state index contributed by atoms with van der Waals surface area (Å²) in [6, 6.07) is 11.1. The first-order valence-corrected chi connectivity index (χ1v) is 10.4. The van der Waals surface area contributed by atoms with Crippen LogP contribution in [0.1, 0.15) is 29.7 Å². The molecular weight excluding hydrogens is 348 g/mol. The average Bonchev–Trinajstić information content (AvgIpc) is 2.73. The molecule has 2 aromatic rings. The van der Waals surface area contributed by atoms with Crippen molar-refractivity contribution in [3.8, 4) is 6.07 Å². The lowest BCUT2D eigenvalue weighted by Gasteiger charge is -2.49. The number of rotatable bonds is 3. The van der Waals surface area contributed by atoms with Gasteiger partial charge in [0.05, 0.1) is 5.56 Å². The standard InChI is InChI=1S/C22H26N6/c23-14-18-13-17-5-1-2-6-20(17)25-22(18)28-15-19(16-28)26-9-11-27(12-10-26)21-7-3-4-8-24-21/h3-4,7-8,13,19H,1-2,5-6,9-12,15-16H2. The zero-order valence-corrected chi connectivity index (χ0v) is 16.2. The number of nitriles is 1. The Balaban J connectivity index is 1.21. The Bertz CT molecular complexity index is 876. The predicted molar refractivity (Wildman–Crippen MR) is 110 cm³/mol. The zero-order chi connectivity index (χ0) is 18.9. The maximum atomic E-state index is 9.60. The van der Waals surface area contributed by atoms with E-state index in [9.17, 15) is 5.26 Å². The molecule has 0 unspecified atom stereocenters. The van der Waals surface area contributed by atoms with Gasteiger partial charge >= 0.3 is 0 Å². The SMILES string of the molecule is N#Cc1cc2c(nc1N1CC(N3CCN(c4ccccn4)CC3)C1)CCCC2. The summed E-state index contributed by atoms with van der Waals surface area (Å²) in [5.41, 5.74) is 3.25. The molecule has 28 heavy (non-hydrogen) atoms. The summed E-state index contributed by atoms with van der Waals surface area (Å²) in [6.45, 7) is 6.13. The minimum Gasteiger partial charge on any atom is -0.354 e. The van der Waals surface area contributed by atoms with Crippen LogP contribution >= 0.6 is 0 Å². The second kappa shape index (κ2) is 7.40. The molecule has 1 aliphatic carbocycles. The third-order valence-corrected chi connectivity index (χ3v) is 6.37. The highest BCUT2D eigenvalue weighted by Gasteiger charge is 2.35. The lowest BCUT2D eigenvalue weighted by Crippen LogP contribution is -2.63. The fourth-order valence-corrected chi connectivity index (χ4v) is 4.66. The van der Waals surface area contributed by atoms with Gasteiger partial charge in [-0.1, -0.05) is 6.07 Å². The van der Waals surface area contributed by atoms with Crippen molar-refractivity contribution in [1.29, 1.82) is 5.26 Å². The molecule has 0 saturated carbocycles. The van der Waals surface area contributed by atoms with Crippen molar-refractivity contribution in [1.82, 2.24) is 14.9 Å². The van der Waals surface area contributed by atoms with Gasteiger partial charge in [0, 0.05) is 57.2 Å². The predicted octanol–water partition coefficient (Wildman–Crippen LogP) is 2.24. The number of hydrogen-bond donors (Lipinski definition) is 0. The third kappa shape index (κ3) is 3.20. The van der Waals surface area contributed by atoms with Crippen LogP contribution in [-0.4, -0.2) is 60.2 Å². The van der Waals surface area contributed by atoms with Crippen molar-refractivity contribution in [3.63, 3.8) is 0 Å². The molecule has 5 rings (SSSR count). The van der Waals surface area contributed by atoms with Gasteiger partial charge in [-0.2, -0.15) is 5.26 Å². The summed E-state index contributed by atoms with van der Waals surface area (Å²) in [6.07, 6.45) is 6.43. The van der Waals surface area contributed by atoms with Gasteiger partial charge in [0.15, 0.2) is 0 Å². The summed E-state index contributed by atoms with van der Waals surface area (Å²) in [4.78, 5) is 16.6. The first kappa shape index (κ1) is 17.4. The fraction of sp³-hybridized carbons (Fsp3) is 0.500. The quantitative estimate of drug-likeness (QED) is 0.821. The molecule has 0 amide bonds. The van der Waals surface area contributed by atoms with E-state index in [1.165, 1.54) is 24.1 Å². The molecule has 6 nitrogen and oxygen atoms in total. The molecule has 3 aliphatic rings. The van der Waals surface area contributed by atoms with Crippen LogP contribution in [0.5, 0.6) is 0 Å². The lowest BCUT2D eigenvalue weighted by molar-refractivity contribution is 0.156. The van der Waals surface area contributed by atoms with E-state index in [1.54, 1.807) is 0 Å². The Morgan fingerprint density at radius 1 is 1.00 bits per heavy atom.